The monoisotopic (exact) mass is 353 g/mol. The normalized spacial score (nSPS) is 21.1. The Labute approximate surface area is 137 Å². The first-order chi connectivity index (χ1) is 9.95. The maximum Gasteiger partial charge on any atom is 0.0248 e. The molecule has 0 amide bonds. The van der Waals surface area contributed by atoms with E-state index in [1.165, 1.54) is 22.1 Å². The molecular weight excluding hydrogens is 326 g/mol. The molecule has 2 rings (SSSR count). The minimum Gasteiger partial charge on any atom is -0.310 e. The summed E-state index contributed by atoms with van der Waals surface area (Å²) in [6, 6.07) is 7.92. The standard InChI is InChI=1S/C17H28BrN3/c1-13(2)19-10-15-5-6-16(17(18)9-15)12-21-8-7-20(4)11-14(21)3/h5-6,9,13-14,19H,7-8,10-12H2,1-4H3. The van der Waals surface area contributed by atoms with Gasteiger partial charge in [0.1, 0.15) is 0 Å². The maximum atomic E-state index is 3.75. The Bertz CT molecular complexity index is 461. The van der Waals surface area contributed by atoms with Crippen molar-refractivity contribution in [3.8, 4) is 0 Å². The average Bonchev–Trinajstić information content (AvgIpc) is 2.42. The molecule has 1 aromatic rings. The third kappa shape index (κ3) is 5.06. The van der Waals surface area contributed by atoms with E-state index >= 15 is 0 Å². The zero-order chi connectivity index (χ0) is 15.4. The van der Waals surface area contributed by atoms with Crippen LogP contribution in [0.4, 0.5) is 0 Å². The van der Waals surface area contributed by atoms with Crippen LogP contribution in [0.3, 0.4) is 0 Å². The van der Waals surface area contributed by atoms with E-state index in [0.29, 0.717) is 12.1 Å². The molecule has 4 heteroatoms. The van der Waals surface area contributed by atoms with Crippen molar-refractivity contribution in [1.82, 2.24) is 15.1 Å². The lowest BCUT2D eigenvalue weighted by atomic mass is 10.1. The van der Waals surface area contributed by atoms with Gasteiger partial charge < -0.3 is 10.2 Å². The number of benzene rings is 1. The second-order valence-corrected chi connectivity index (χ2v) is 7.40. The zero-order valence-corrected chi connectivity index (χ0v) is 15.3. The van der Waals surface area contributed by atoms with Crippen LogP contribution in [0.1, 0.15) is 31.9 Å². The first-order valence-electron chi connectivity index (χ1n) is 7.89. The van der Waals surface area contributed by atoms with Crippen molar-refractivity contribution < 1.29 is 0 Å². The Morgan fingerprint density at radius 3 is 2.71 bits per heavy atom. The van der Waals surface area contributed by atoms with E-state index in [9.17, 15) is 0 Å². The van der Waals surface area contributed by atoms with Gasteiger partial charge in [-0.1, -0.05) is 41.9 Å². The molecule has 1 unspecified atom stereocenters. The Hall–Kier alpha value is -0.420. The maximum absolute atomic E-state index is 3.75. The number of hydrogen-bond donors (Lipinski definition) is 1. The number of rotatable bonds is 5. The topological polar surface area (TPSA) is 18.5 Å². The number of halogens is 1. The van der Waals surface area contributed by atoms with Crippen molar-refractivity contribution in [2.24, 2.45) is 0 Å². The van der Waals surface area contributed by atoms with Crippen LogP contribution in [0.5, 0.6) is 0 Å². The molecule has 1 aliphatic heterocycles. The molecule has 118 valence electrons. The summed E-state index contributed by atoms with van der Waals surface area (Å²) in [5, 5.41) is 3.46. The van der Waals surface area contributed by atoms with Crippen LogP contribution in [0.25, 0.3) is 0 Å². The summed E-state index contributed by atoms with van der Waals surface area (Å²) in [5.74, 6) is 0. The Morgan fingerprint density at radius 1 is 1.33 bits per heavy atom. The molecule has 1 heterocycles. The minimum absolute atomic E-state index is 0.523. The summed E-state index contributed by atoms with van der Waals surface area (Å²) in [6.07, 6.45) is 0. The van der Waals surface area contributed by atoms with Crippen molar-refractivity contribution in [3.63, 3.8) is 0 Å². The van der Waals surface area contributed by atoms with Gasteiger partial charge in [-0.3, -0.25) is 4.90 Å². The highest BCUT2D eigenvalue weighted by Crippen LogP contribution is 2.22. The van der Waals surface area contributed by atoms with Crippen LogP contribution in [0.15, 0.2) is 22.7 Å². The predicted octanol–water partition coefficient (Wildman–Crippen LogP) is 3.08. The van der Waals surface area contributed by atoms with Gasteiger partial charge in [-0.25, -0.2) is 0 Å². The predicted molar refractivity (Wildman–Crippen MR) is 93.5 cm³/mol. The number of nitrogens with zero attached hydrogens (tertiary/aromatic N) is 2. The van der Waals surface area contributed by atoms with E-state index in [0.717, 1.165) is 26.2 Å². The Balaban J connectivity index is 1.97. The molecule has 1 N–H and O–H groups in total. The SMILES string of the molecule is CC(C)NCc1ccc(CN2CCN(C)CC2C)c(Br)c1. The number of nitrogens with one attached hydrogen (secondary N) is 1. The van der Waals surface area contributed by atoms with Gasteiger partial charge in [0, 0.05) is 49.3 Å². The van der Waals surface area contributed by atoms with Crippen molar-refractivity contribution in [1.29, 1.82) is 0 Å². The number of piperazine rings is 1. The van der Waals surface area contributed by atoms with Crippen LogP contribution < -0.4 is 5.32 Å². The fourth-order valence-corrected chi connectivity index (χ4v) is 3.33. The smallest absolute Gasteiger partial charge is 0.0248 e. The average molecular weight is 354 g/mol. The van der Waals surface area contributed by atoms with E-state index in [4.69, 9.17) is 0 Å². The summed E-state index contributed by atoms with van der Waals surface area (Å²) in [5.41, 5.74) is 2.73. The molecule has 1 atom stereocenters. The lowest BCUT2D eigenvalue weighted by Gasteiger charge is -2.38. The summed E-state index contributed by atoms with van der Waals surface area (Å²) in [7, 11) is 2.21. The molecule has 3 nitrogen and oxygen atoms in total. The molecule has 0 spiro atoms. The van der Waals surface area contributed by atoms with Gasteiger partial charge in [0.15, 0.2) is 0 Å². The van der Waals surface area contributed by atoms with Crippen LogP contribution in [0, 0.1) is 0 Å². The Morgan fingerprint density at radius 2 is 2.10 bits per heavy atom. The van der Waals surface area contributed by atoms with E-state index in [1.54, 1.807) is 0 Å². The molecule has 1 aliphatic rings. The summed E-state index contributed by atoms with van der Waals surface area (Å²) in [6.45, 7) is 12.1. The zero-order valence-electron chi connectivity index (χ0n) is 13.7. The van der Waals surface area contributed by atoms with E-state index < -0.39 is 0 Å². The van der Waals surface area contributed by atoms with Gasteiger partial charge in [0.25, 0.3) is 0 Å². The van der Waals surface area contributed by atoms with Crippen molar-refractivity contribution in [3.05, 3.63) is 33.8 Å². The van der Waals surface area contributed by atoms with E-state index in [2.05, 4.69) is 77.1 Å². The van der Waals surface area contributed by atoms with E-state index in [-0.39, 0.29) is 0 Å². The highest BCUT2D eigenvalue weighted by Gasteiger charge is 2.21. The molecule has 0 aliphatic carbocycles. The van der Waals surface area contributed by atoms with Crippen molar-refractivity contribution in [2.75, 3.05) is 26.7 Å². The van der Waals surface area contributed by atoms with Gasteiger partial charge in [-0.2, -0.15) is 0 Å². The van der Waals surface area contributed by atoms with Gasteiger partial charge in [-0.15, -0.1) is 0 Å². The lowest BCUT2D eigenvalue weighted by Crippen LogP contribution is -2.49. The minimum atomic E-state index is 0.523. The highest BCUT2D eigenvalue weighted by molar-refractivity contribution is 9.10. The molecule has 0 radical (unpaired) electrons. The van der Waals surface area contributed by atoms with Gasteiger partial charge >= 0.3 is 0 Å². The molecule has 0 saturated carbocycles. The molecule has 1 fully saturated rings. The third-order valence-corrected chi connectivity index (χ3v) is 4.91. The molecular formula is C17H28BrN3. The number of likely N-dealkylation sites (N-methyl/N-ethyl adjacent to an activating group) is 1. The van der Waals surface area contributed by atoms with Gasteiger partial charge in [0.05, 0.1) is 0 Å². The van der Waals surface area contributed by atoms with Crippen LogP contribution in [-0.4, -0.2) is 48.6 Å². The van der Waals surface area contributed by atoms with Gasteiger partial charge in [0.2, 0.25) is 0 Å². The van der Waals surface area contributed by atoms with Crippen molar-refractivity contribution >= 4 is 15.9 Å². The fourth-order valence-electron chi connectivity index (χ4n) is 2.78. The quantitative estimate of drug-likeness (QED) is 0.877. The summed E-state index contributed by atoms with van der Waals surface area (Å²) < 4.78 is 1.23. The summed E-state index contributed by atoms with van der Waals surface area (Å²) >= 11 is 3.75. The van der Waals surface area contributed by atoms with Crippen molar-refractivity contribution in [2.45, 2.75) is 45.9 Å². The molecule has 0 aromatic heterocycles. The van der Waals surface area contributed by atoms with Gasteiger partial charge in [-0.05, 0) is 31.2 Å². The van der Waals surface area contributed by atoms with E-state index in [1.807, 2.05) is 0 Å². The highest BCUT2D eigenvalue weighted by atomic mass is 79.9. The Kier molecular flexibility index (Phi) is 6.23. The van der Waals surface area contributed by atoms with Crippen LogP contribution >= 0.6 is 15.9 Å². The first-order valence-corrected chi connectivity index (χ1v) is 8.68. The molecule has 0 bridgehead atoms. The number of hydrogen-bond acceptors (Lipinski definition) is 3. The molecule has 21 heavy (non-hydrogen) atoms. The first kappa shape index (κ1) is 16.9. The second kappa shape index (κ2) is 7.73. The van der Waals surface area contributed by atoms with Crippen LogP contribution in [0.2, 0.25) is 0 Å². The lowest BCUT2D eigenvalue weighted by molar-refractivity contribution is 0.0936. The third-order valence-electron chi connectivity index (χ3n) is 4.17. The van der Waals surface area contributed by atoms with Crippen LogP contribution in [-0.2, 0) is 13.1 Å². The second-order valence-electron chi connectivity index (χ2n) is 6.54. The molecule has 1 saturated heterocycles. The fraction of sp³-hybridized carbons (Fsp3) is 0.647. The molecule has 1 aromatic carbocycles. The summed E-state index contributed by atoms with van der Waals surface area (Å²) in [4.78, 5) is 4.99. The largest absolute Gasteiger partial charge is 0.310 e.